The number of ether oxygens (including phenoxy) is 1. The molecule has 0 spiro atoms. The van der Waals surface area contributed by atoms with Gasteiger partial charge in [-0.05, 0) is 67.1 Å². The van der Waals surface area contributed by atoms with E-state index < -0.39 is 0 Å². The standard InChI is InChI=1S/C23H31N3O2/c1-18(2)19-7-6-8-22(17-19)28-16-13-24-23(27)25-20-9-11-21(12-10-20)26-14-4-3-5-15-26/h6-12,17-18H,3-5,13-16H2,1-2H3,(H2,24,25,27). The Morgan fingerprint density at radius 2 is 1.82 bits per heavy atom. The van der Waals surface area contributed by atoms with Gasteiger partial charge in [0.05, 0.1) is 6.54 Å². The number of amides is 2. The highest BCUT2D eigenvalue weighted by molar-refractivity contribution is 5.89. The van der Waals surface area contributed by atoms with Crippen LogP contribution in [0.2, 0.25) is 0 Å². The fourth-order valence-electron chi connectivity index (χ4n) is 3.38. The quantitative estimate of drug-likeness (QED) is 0.664. The van der Waals surface area contributed by atoms with E-state index in [9.17, 15) is 4.79 Å². The summed E-state index contributed by atoms with van der Waals surface area (Å²) in [5, 5.41) is 5.70. The van der Waals surface area contributed by atoms with Crippen LogP contribution in [-0.4, -0.2) is 32.3 Å². The van der Waals surface area contributed by atoms with Crippen molar-refractivity contribution in [2.75, 3.05) is 36.5 Å². The van der Waals surface area contributed by atoms with E-state index in [1.807, 2.05) is 24.3 Å². The molecular weight excluding hydrogens is 350 g/mol. The van der Waals surface area contributed by atoms with Gasteiger partial charge in [0.2, 0.25) is 0 Å². The van der Waals surface area contributed by atoms with Gasteiger partial charge in [0.1, 0.15) is 12.4 Å². The predicted molar refractivity (Wildman–Crippen MR) is 116 cm³/mol. The first kappa shape index (κ1) is 20.1. The maximum absolute atomic E-state index is 12.1. The first-order valence-corrected chi connectivity index (χ1v) is 10.2. The minimum absolute atomic E-state index is 0.217. The molecule has 0 radical (unpaired) electrons. The van der Waals surface area contributed by atoms with Gasteiger partial charge in [-0.3, -0.25) is 0 Å². The molecule has 1 aliphatic rings. The number of nitrogens with zero attached hydrogens (tertiary/aromatic N) is 1. The summed E-state index contributed by atoms with van der Waals surface area (Å²) in [6.07, 6.45) is 3.83. The fraction of sp³-hybridized carbons (Fsp3) is 0.435. The van der Waals surface area contributed by atoms with Crippen molar-refractivity contribution in [2.45, 2.75) is 39.0 Å². The molecule has 150 valence electrons. The van der Waals surface area contributed by atoms with Crippen molar-refractivity contribution < 1.29 is 9.53 Å². The summed E-state index contributed by atoms with van der Waals surface area (Å²) in [4.78, 5) is 14.5. The number of benzene rings is 2. The molecule has 2 aromatic rings. The largest absolute Gasteiger partial charge is 0.492 e. The summed E-state index contributed by atoms with van der Waals surface area (Å²) in [6.45, 7) is 7.43. The molecule has 0 bridgehead atoms. The molecule has 0 aromatic heterocycles. The van der Waals surface area contributed by atoms with Gasteiger partial charge in [-0.25, -0.2) is 4.79 Å². The van der Waals surface area contributed by atoms with Gasteiger partial charge in [0.25, 0.3) is 0 Å². The van der Waals surface area contributed by atoms with E-state index in [1.54, 1.807) is 0 Å². The molecule has 1 fully saturated rings. The van der Waals surface area contributed by atoms with E-state index >= 15 is 0 Å². The van der Waals surface area contributed by atoms with E-state index in [2.05, 4.69) is 53.6 Å². The second-order valence-corrected chi connectivity index (χ2v) is 7.55. The molecule has 0 unspecified atom stereocenters. The van der Waals surface area contributed by atoms with Gasteiger partial charge in [-0.1, -0.05) is 26.0 Å². The zero-order valence-electron chi connectivity index (χ0n) is 16.9. The first-order chi connectivity index (χ1) is 13.6. The van der Waals surface area contributed by atoms with Crippen LogP contribution in [0.4, 0.5) is 16.2 Å². The van der Waals surface area contributed by atoms with Gasteiger partial charge < -0.3 is 20.3 Å². The number of urea groups is 1. The Kier molecular flexibility index (Phi) is 7.18. The highest BCUT2D eigenvalue weighted by Crippen LogP contribution is 2.22. The Morgan fingerprint density at radius 1 is 1.07 bits per heavy atom. The predicted octanol–water partition coefficient (Wildman–Crippen LogP) is 5.00. The zero-order chi connectivity index (χ0) is 19.8. The summed E-state index contributed by atoms with van der Waals surface area (Å²) < 4.78 is 5.73. The third kappa shape index (κ3) is 5.91. The lowest BCUT2D eigenvalue weighted by Gasteiger charge is -2.28. The lowest BCUT2D eigenvalue weighted by Crippen LogP contribution is -2.32. The number of carbonyl (C=O) groups excluding carboxylic acids is 1. The normalized spacial score (nSPS) is 14.0. The second kappa shape index (κ2) is 10.0. The molecular formula is C23H31N3O2. The molecule has 5 heteroatoms. The van der Waals surface area contributed by atoms with Crippen LogP contribution in [0.1, 0.15) is 44.6 Å². The molecule has 3 rings (SSSR count). The summed E-state index contributed by atoms with van der Waals surface area (Å²) in [5.74, 6) is 1.30. The van der Waals surface area contributed by atoms with E-state index in [0.29, 0.717) is 19.1 Å². The maximum Gasteiger partial charge on any atom is 0.319 e. The molecule has 1 aliphatic heterocycles. The number of nitrogens with one attached hydrogen (secondary N) is 2. The van der Waals surface area contributed by atoms with Crippen molar-refractivity contribution in [3.05, 3.63) is 54.1 Å². The fourth-order valence-corrected chi connectivity index (χ4v) is 3.38. The number of hydrogen-bond acceptors (Lipinski definition) is 3. The molecule has 0 saturated carbocycles. The SMILES string of the molecule is CC(C)c1cccc(OCCNC(=O)Nc2ccc(N3CCCCC3)cc2)c1. The second-order valence-electron chi connectivity index (χ2n) is 7.55. The van der Waals surface area contributed by atoms with E-state index in [0.717, 1.165) is 24.5 Å². The Labute approximate surface area is 168 Å². The Morgan fingerprint density at radius 3 is 2.54 bits per heavy atom. The molecule has 5 nitrogen and oxygen atoms in total. The smallest absolute Gasteiger partial charge is 0.319 e. The van der Waals surface area contributed by atoms with Crippen molar-refractivity contribution in [1.82, 2.24) is 5.32 Å². The van der Waals surface area contributed by atoms with Crippen LogP contribution in [0.25, 0.3) is 0 Å². The first-order valence-electron chi connectivity index (χ1n) is 10.2. The van der Waals surface area contributed by atoms with Crippen molar-refractivity contribution >= 4 is 17.4 Å². The van der Waals surface area contributed by atoms with Gasteiger partial charge in [0, 0.05) is 24.5 Å². The van der Waals surface area contributed by atoms with Crippen LogP contribution in [0.3, 0.4) is 0 Å². The molecule has 2 amide bonds. The molecule has 2 N–H and O–H groups in total. The number of carbonyl (C=O) groups is 1. The van der Waals surface area contributed by atoms with Crippen molar-refractivity contribution in [3.8, 4) is 5.75 Å². The zero-order valence-corrected chi connectivity index (χ0v) is 16.9. The maximum atomic E-state index is 12.1. The summed E-state index contributed by atoms with van der Waals surface area (Å²) in [7, 11) is 0. The van der Waals surface area contributed by atoms with Crippen LogP contribution in [0.5, 0.6) is 5.75 Å². The summed E-state index contributed by atoms with van der Waals surface area (Å²) in [6, 6.07) is 15.9. The average Bonchev–Trinajstić information content (AvgIpc) is 2.73. The number of hydrogen-bond donors (Lipinski definition) is 2. The molecule has 1 heterocycles. The molecule has 0 atom stereocenters. The van der Waals surface area contributed by atoms with Crippen molar-refractivity contribution in [1.29, 1.82) is 0 Å². The summed E-state index contributed by atoms with van der Waals surface area (Å²) in [5.41, 5.74) is 3.27. The van der Waals surface area contributed by atoms with Crippen LogP contribution in [0, 0.1) is 0 Å². The van der Waals surface area contributed by atoms with Crippen molar-refractivity contribution in [3.63, 3.8) is 0 Å². The van der Waals surface area contributed by atoms with E-state index in [1.165, 1.54) is 30.5 Å². The Balaban J connectivity index is 1.39. The average molecular weight is 382 g/mol. The number of piperidine rings is 1. The van der Waals surface area contributed by atoms with Crippen molar-refractivity contribution in [2.24, 2.45) is 0 Å². The van der Waals surface area contributed by atoms with Crippen LogP contribution >= 0.6 is 0 Å². The highest BCUT2D eigenvalue weighted by Gasteiger charge is 2.11. The Bertz CT molecular complexity index is 753. The Hall–Kier alpha value is -2.69. The lowest BCUT2D eigenvalue weighted by atomic mass is 10.0. The van der Waals surface area contributed by atoms with Gasteiger partial charge in [-0.2, -0.15) is 0 Å². The molecule has 2 aromatic carbocycles. The molecule has 28 heavy (non-hydrogen) atoms. The third-order valence-electron chi connectivity index (χ3n) is 5.03. The van der Waals surface area contributed by atoms with Crippen LogP contribution in [0.15, 0.2) is 48.5 Å². The number of rotatable bonds is 7. The van der Waals surface area contributed by atoms with Crippen LogP contribution in [-0.2, 0) is 0 Å². The molecule has 0 aliphatic carbocycles. The van der Waals surface area contributed by atoms with Gasteiger partial charge >= 0.3 is 6.03 Å². The highest BCUT2D eigenvalue weighted by atomic mass is 16.5. The number of anilines is 2. The summed E-state index contributed by atoms with van der Waals surface area (Å²) >= 11 is 0. The minimum atomic E-state index is -0.217. The van der Waals surface area contributed by atoms with Gasteiger partial charge in [-0.15, -0.1) is 0 Å². The van der Waals surface area contributed by atoms with E-state index in [-0.39, 0.29) is 6.03 Å². The van der Waals surface area contributed by atoms with Gasteiger partial charge in [0.15, 0.2) is 0 Å². The monoisotopic (exact) mass is 381 g/mol. The third-order valence-corrected chi connectivity index (χ3v) is 5.03. The van der Waals surface area contributed by atoms with E-state index in [4.69, 9.17) is 4.74 Å². The van der Waals surface area contributed by atoms with Crippen LogP contribution < -0.4 is 20.3 Å². The molecule has 1 saturated heterocycles. The minimum Gasteiger partial charge on any atom is -0.492 e. The topological polar surface area (TPSA) is 53.6 Å². The lowest BCUT2D eigenvalue weighted by molar-refractivity contribution is 0.247.